The molecule has 0 spiro atoms. The topological polar surface area (TPSA) is 62.3 Å². The number of likely N-dealkylation sites (tertiary alicyclic amines) is 1. The van der Waals surface area contributed by atoms with Gasteiger partial charge in [-0.15, -0.1) is 0 Å². The number of hydrogen-bond acceptors (Lipinski definition) is 3. The number of aromatic nitrogens is 1. The zero-order valence-corrected chi connectivity index (χ0v) is 18.4. The van der Waals surface area contributed by atoms with E-state index < -0.39 is 5.41 Å². The molecule has 0 bridgehead atoms. The molecule has 160 valence electrons. The number of rotatable bonds is 7. The van der Waals surface area contributed by atoms with E-state index in [1.54, 1.807) is 6.20 Å². The molecule has 2 amide bonds. The molecule has 1 aromatic heterocycles. The van der Waals surface area contributed by atoms with Gasteiger partial charge in [-0.1, -0.05) is 44.2 Å². The third kappa shape index (κ3) is 5.07. The normalized spacial score (nSPS) is 19.0. The highest BCUT2D eigenvalue weighted by Crippen LogP contribution is 2.37. The Balaban J connectivity index is 1.94. The Hall–Kier alpha value is -2.69. The molecule has 2 aromatic rings. The first kappa shape index (κ1) is 22.0. The molecule has 3 rings (SSSR count). The van der Waals surface area contributed by atoms with Gasteiger partial charge in [0.05, 0.1) is 5.41 Å². The Morgan fingerprint density at radius 1 is 1.20 bits per heavy atom. The standard InChI is InChI=1S/C25H33N3O2/c1-4-27-24(30)25(12-8-14-28(18-25)23(29)15-19(2)3)16-20-9-5-6-11-22(20)21-10-7-13-26-17-21/h5-7,9-11,13,17,19H,4,8,12,14-16,18H2,1-3H3,(H,27,30). The number of benzene rings is 1. The van der Waals surface area contributed by atoms with Crippen molar-refractivity contribution in [2.75, 3.05) is 19.6 Å². The van der Waals surface area contributed by atoms with Crippen LogP contribution in [0.4, 0.5) is 0 Å². The van der Waals surface area contributed by atoms with Crippen LogP contribution in [0.25, 0.3) is 11.1 Å². The van der Waals surface area contributed by atoms with Gasteiger partial charge in [-0.05, 0) is 49.3 Å². The minimum Gasteiger partial charge on any atom is -0.356 e. The van der Waals surface area contributed by atoms with Gasteiger partial charge in [0.1, 0.15) is 0 Å². The van der Waals surface area contributed by atoms with Crippen molar-refractivity contribution in [2.45, 2.75) is 46.5 Å². The predicted octanol–water partition coefficient (Wildman–Crippen LogP) is 4.08. The highest BCUT2D eigenvalue weighted by atomic mass is 16.2. The average Bonchev–Trinajstić information content (AvgIpc) is 2.74. The van der Waals surface area contributed by atoms with Gasteiger partial charge in [0, 0.05) is 44.0 Å². The van der Waals surface area contributed by atoms with Crippen molar-refractivity contribution in [2.24, 2.45) is 11.3 Å². The number of pyridine rings is 1. The summed E-state index contributed by atoms with van der Waals surface area (Å²) in [6.45, 7) is 7.86. The Bertz CT molecular complexity index is 866. The smallest absolute Gasteiger partial charge is 0.228 e. The number of nitrogens with zero attached hydrogens (tertiary/aromatic N) is 2. The minimum absolute atomic E-state index is 0.0491. The maximum atomic E-state index is 13.3. The van der Waals surface area contributed by atoms with Crippen molar-refractivity contribution in [3.05, 3.63) is 54.4 Å². The van der Waals surface area contributed by atoms with Gasteiger partial charge in [0.2, 0.25) is 11.8 Å². The molecule has 0 radical (unpaired) electrons. The lowest BCUT2D eigenvalue weighted by atomic mass is 9.73. The van der Waals surface area contributed by atoms with E-state index in [9.17, 15) is 9.59 Å². The maximum Gasteiger partial charge on any atom is 0.228 e. The summed E-state index contributed by atoms with van der Waals surface area (Å²) in [6.07, 6.45) is 6.38. The second-order valence-corrected chi connectivity index (χ2v) is 8.73. The van der Waals surface area contributed by atoms with Gasteiger partial charge in [0.25, 0.3) is 0 Å². The van der Waals surface area contributed by atoms with Crippen LogP contribution in [0.2, 0.25) is 0 Å². The number of piperidine rings is 1. The summed E-state index contributed by atoms with van der Waals surface area (Å²) in [4.78, 5) is 32.3. The summed E-state index contributed by atoms with van der Waals surface area (Å²) in [5.41, 5.74) is 2.65. The Morgan fingerprint density at radius 3 is 2.70 bits per heavy atom. The van der Waals surface area contributed by atoms with Crippen molar-refractivity contribution in [1.29, 1.82) is 0 Å². The maximum absolute atomic E-state index is 13.3. The Morgan fingerprint density at radius 2 is 2.00 bits per heavy atom. The number of carbonyl (C=O) groups excluding carboxylic acids is 2. The van der Waals surface area contributed by atoms with E-state index in [-0.39, 0.29) is 11.8 Å². The van der Waals surface area contributed by atoms with E-state index in [1.165, 1.54) is 0 Å². The van der Waals surface area contributed by atoms with E-state index >= 15 is 0 Å². The first-order valence-electron chi connectivity index (χ1n) is 11.0. The summed E-state index contributed by atoms with van der Waals surface area (Å²) >= 11 is 0. The molecule has 1 aromatic carbocycles. The molecule has 0 saturated carbocycles. The largest absolute Gasteiger partial charge is 0.356 e. The van der Waals surface area contributed by atoms with E-state index in [0.717, 1.165) is 36.1 Å². The van der Waals surface area contributed by atoms with Crippen LogP contribution >= 0.6 is 0 Å². The van der Waals surface area contributed by atoms with E-state index in [2.05, 4.69) is 36.3 Å². The van der Waals surface area contributed by atoms with Crippen molar-refractivity contribution in [1.82, 2.24) is 15.2 Å². The predicted molar refractivity (Wildman–Crippen MR) is 120 cm³/mol. The molecule has 1 aliphatic heterocycles. The highest BCUT2D eigenvalue weighted by molar-refractivity contribution is 5.85. The van der Waals surface area contributed by atoms with Crippen LogP contribution < -0.4 is 5.32 Å². The fourth-order valence-electron chi connectivity index (χ4n) is 4.42. The van der Waals surface area contributed by atoms with E-state index in [1.807, 2.05) is 42.3 Å². The fraction of sp³-hybridized carbons (Fsp3) is 0.480. The summed E-state index contributed by atoms with van der Waals surface area (Å²) in [6, 6.07) is 12.2. The second-order valence-electron chi connectivity index (χ2n) is 8.73. The minimum atomic E-state index is -0.612. The summed E-state index contributed by atoms with van der Waals surface area (Å²) in [7, 11) is 0. The van der Waals surface area contributed by atoms with Crippen molar-refractivity contribution < 1.29 is 9.59 Å². The lowest BCUT2D eigenvalue weighted by Gasteiger charge is -2.42. The van der Waals surface area contributed by atoms with Gasteiger partial charge < -0.3 is 10.2 Å². The molecule has 1 fully saturated rings. The average molecular weight is 408 g/mol. The van der Waals surface area contributed by atoms with E-state index in [4.69, 9.17) is 0 Å². The van der Waals surface area contributed by atoms with Gasteiger partial charge in [0.15, 0.2) is 0 Å². The molecule has 1 saturated heterocycles. The van der Waals surface area contributed by atoms with Gasteiger partial charge in [-0.3, -0.25) is 14.6 Å². The molecular weight excluding hydrogens is 374 g/mol. The summed E-state index contributed by atoms with van der Waals surface area (Å²) in [5.74, 6) is 0.511. The molecule has 1 aliphatic rings. The van der Waals surface area contributed by atoms with Crippen LogP contribution in [0, 0.1) is 11.3 Å². The quantitative estimate of drug-likeness (QED) is 0.752. The molecule has 1 unspecified atom stereocenters. The zero-order chi connectivity index (χ0) is 21.6. The van der Waals surface area contributed by atoms with Crippen LogP contribution in [0.1, 0.15) is 45.6 Å². The molecule has 1 N–H and O–H groups in total. The van der Waals surface area contributed by atoms with Crippen LogP contribution in [0.5, 0.6) is 0 Å². The third-order valence-corrected chi connectivity index (χ3v) is 5.85. The molecule has 1 atom stereocenters. The Labute approximate surface area is 179 Å². The highest BCUT2D eigenvalue weighted by Gasteiger charge is 2.43. The van der Waals surface area contributed by atoms with Crippen LogP contribution in [-0.2, 0) is 16.0 Å². The second kappa shape index (κ2) is 9.88. The van der Waals surface area contributed by atoms with Gasteiger partial charge >= 0.3 is 0 Å². The summed E-state index contributed by atoms with van der Waals surface area (Å²) < 4.78 is 0. The fourth-order valence-corrected chi connectivity index (χ4v) is 4.42. The zero-order valence-electron chi connectivity index (χ0n) is 18.4. The van der Waals surface area contributed by atoms with Gasteiger partial charge in [-0.25, -0.2) is 0 Å². The summed E-state index contributed by atoms with van der Waals surface area (Å²) in [5, 5.41) is 3.05. The molecule has 30 heavy (non-hydrogen) atoms. The van der Waals surface area contributed by atoms with Crippen LogP contribution in [-0.4, -0.2) is 41.3 Å². The molecular formula is C25H33N3O2. The number of carbonyl (C=O) groups is 2. The first-order valence-corrected chi connectivity index (χ1v) is 11.0. The van der Waals surface area contributed by atoms with Crippen LogP contribution in [0.3, 0.4) is 0 Å². The monoisotopic (exact) mass is 407 g/mol. The Kier molecular flexibility index (Phi) is 7.24. The molecule has 5 heteroatoms. The third-order valence-electron chi connectivity index (χ3n) is 5.85. The first-order chi connectivity index (χ1) is 14.4. The van der Waals surface area contributed by atoms with Crippen molar-refractivity contribution in [3.8, 4) is 11.1 Å². The molecule has 0 aliphatic carbocycles. The van der Waals surface area contributed by atoms with Crippen LogP contribution in [0.15, 0.2) is 48.8 Å². The van der Waals surface area contributed by atoms with Gasteiger partial charge in [-0.2, -0.15) is 0 Å². The number of hydrogen-bond donors (Lipinski definition) is 1. The van der Waals surface area contributed by atoms with Crippen molar-refractivity contribution >= 4 is 11.8 Å². The molecule has 5 nitrogen and oxygen atoms in total. The molecule has 2 heterocycles. The lowest BCUT2D eigenvalue weighted by molar-refractivity contribution is -0.142. The number of amides is 2. The van der Waals surface area contributed by atoms with Crippen molar-refractivity contribution in [3.63, 3.8) is 0 Å². The SMILES string of the molecule is CCNC(=O)C1(Cc2ccccc2-c2cccnc2)CCCN(C(=O)CC(C)C)C1. The lowest BCUT2D eigenvalue weighted by Crippen LogP contribution is -2.54. The van der Waals surface area contributed by atoms with E-state index in [0.29, 0.717) is 31.8 Å². The number of nitrogens with one attached hydrogen (secondary N) is 1.